The van der Waals surface area contributed by atoms with Gasteiger partial charge in [-0.05, 0) is 49.4 Å². The van der Waals surface area contributed by atoms with Crippen LogP contribution in [0.3, 0.4) is 0 Å². The number of benzene rings is 1. The molecule has 0 saturated carbocycles. The van der Waals surface area contributed by atoms with E-state index in [0.717, 1.165) is 59.7 Å². The van der Waals surface area contributed by atoms with Crippen molar-refractivity contribution >= 4 is 11.3 Å². The molecule has 4 aromatic rings. The fourth-order valence-electron chi connectivity index (χ4n) is 5.38. The number of ether oxygens (including phenoxy) is 2. The van der Waals surface area contributed by atoms with E-state index < -0.39 is 5.41 Å². The van der Waals surface area contributed by atoms with Gasteiger partial charge in [0.05, 0.1) is 28.9 Å². The summed E-state index contributed by atoms with van der Waals surface area (Å²) < 4.78 is 15.0. The van der Waals surface area contributed by atoms with Crippen LogP contribution in [0.1, 0.15) is 37.3 Å². The number of nitrogens with zero attached hydrogens (tertiary/aromatic N) is 6. The van der Waals surface area contributed by atoms with Crippen molar-refractivity contribution in [3.63, 3.8) is 0 Å². The van der Waals surface area contributed by atoms with Crippen molar-refractivity contribution in [1.82, 2.24) is 24.4 Å². The molecule has 0 radical (unpaired) electrons. The maximum absolute atomic E-state index is 10.1. The second kappa shape index (κ2) is 8.80. The summed E-state index contributed by atoms with van der Waals surface area (Å²) in [6.45, 7) is 2.65. The van der Waals surface area contributed by atoms with E-state index in [9.17, 15) is 5.26 Å². The summed E-state index contributed by atoms with van der Waals surface area (Å²) in [5.41, 5.74) is 11.4. The predicted molar refractivity (Wildman–Crippen MR) is 130 cm³/mol. The Balaban J connectivity index is 1.50. The molecule has 0 atom stereocenters. The first-order chi connectivity index (χ1) is 17.2. The molecule has 3 aromatic heterocycles. The smallest absolute Gasteiger partial charge is 0.152 e. The molecule has 5 heterocycles. The Labute approximate surface area is 203 Å². The Morgan fingerprint density at radius 1 is 1.00 bits per heavy atom. The summed E-state index contributed by atoms with van der Waals surface area (Å²) in [5.74, 6) is 0.412. The quantitative estimate of drug-likeness (QED) is 0.484. The summed E-state index contributed by atoms with van der Waals surface area (Å²) in [6.07, 6.45) is 6.52. The minimum absolute atomic E-state index is 0.269. The fraction of sp³-hybridized carbons (Fsp3) is 0.385. The first kappa shape index (κ1) is 21.8. The van der Waals surface area contributed by atoms with Crippen molar-refractivity contribution in [3.05, 3.63) is 54.5 Å². The average molecular weight is 470 g/mol. The van der Waals surface area contributed by atoms with Gasteiger partial charge in [0, 0.05) is 43.8 Å². The molecule has 2 saturated heterocycles. The lowest BCUT2D eigenvalue weighted by Crippen LogP contribution is -2.32. The number of fused-ring (bicyclic) bond motifs is 1. The van der Waals surface area contributed by atoms with E-state index in [1.54, 1.807) is 0 Å². The number of anilines is 1. The Morgan fingerprint density at radius 3 is 2.60 bits per heavy atom. The summed E-state index contributed by atoms with van der Waals surface area (Å²) in [6, 6.07) is 15.2. The van der Waals surface area contributed by atoms with Crippen molar-refractivity contribution in [2.45, 2.75) is 37.1 Å². The molecule has 6 rings (SSSR count). The van der Waals surface area contributed by atoms with Gasteiger partial charge >= 0.3 is 0 Å². The second-order valence-corrected chi connectivity index (χ2v) is 9.24. The molecule has 2 N–H and O–H groups in total. The van der Waals surface area contributed by atoms with Gasteiger partial charge in [0.1, 0.15) is 11.8 Å². The lowest BCUT2D eigenvalue weighted by atomic mass is 9.75. The number of rotatable bonds is 4. The zero-order valence-electron chi connectivity index (χ0n) is 19.4. The standard InChI is InChI=1S/C26H27N7O2/c27-16-26(7-12-35-13-8-26)19-3-1-2-18(14-19)23-15-21(24-25(28)29-17-31-33(23)24)22-4-9-30-32(22)20-5-10-34-11-6-20/h1-4,9,14-15,17,20H,5-8,10-13H2,(H2,28,29,31). The van der Waals surface area contributed by atoms with E-state index in [-0.39, 0.29) is 6.04 Å². The second-order valence-electron chi connectivity index (χ2n) is 9.24. The molecule has 9 nitrogen and oxygen atoms in total. The van der Waals surface area contributed by atoms with Crippen LogP contribution in [0, 0.1) is 11.3 Å². The van der Waals surface area contributed by atoms with Gasteiger partial charge in [-0.25, -0.2) is 9.50 Å². The van der Waals surface area contributed by atoms with Crippen molar-refractivity contribution < 1.29 is 9.47 Å². The number of aromatic nitrogens is 5. The lowest BCUT2D eigenvalue weighted by molar-refractivity contribution is 0.0667. The SMILES string of the molecule is N#CC1(c2cccc(-c3cc(-c4ccnn4C4CCOCC4)c4c(N)ncnn34)c2)CCOCC1. The molecule has 0 amide bonds. The summed E-state index contributed by atoms with van der Waals surface area (Å²) in [7, 11) is 0. The molecular weight excluding hydrogens is 442 g/mol. The highest BCUT2D eigenvalue weighted by atomic mass is 16.5. The van der Waals surface area contributed by atoms with E-state index in [1.165, 1.54) is 6.33 Å². The third-order valence-corrected chi connectivity index (χ3v) is 7.34. The molecule has 178 valence electrons. The van der Waals surface area contributed by atoms with Crippen molar-refractivity contribution in [2.75, 3.05) is 32.2 Å². The number of hydrogen-bond acceptors (Lipinski definition) is 7. The maximum Gasteiger partial charge on any atom is 0.152 e. The average Bonchev–Trinajstić information content (AvgIpc) is 3.55. The molecule has 2 fully saturated rings. The number of nitriles is 1. The van der Waals surface area contributed by atoms with Crippen LogP contribution in [0.2, 0.25) is 0 Å². The van der Waals surface area contributed by atoms with Gasteiger partial charge in [-0.1, -0.05) is 18.2 Å². The highest BCUT2D eigenvalue weighted by Gasteiger charge is 2.35. The molecular formula is C26H27N7O2. The molecule has 1 aromatic carbocycles. The Hall–Kier alpha value is -3.74. The van der Waals surface area contributed by atoms with Crippen LogP contribution in [-0.4, -0.2) is 50.8 Å². The first-order valence-corrected chi connectivity index (χ1v) is 12.0. The maximum atomic E-state index is 10.1. The van der Waals surface area contributed by atoms with Gasteiger partial charge < -0.3 is 15.2 Å². The summed E-state index contributed by atoms with van der Waals surface area (Å²) in [5, 5.41) is 19.3. The van der Waals surface area contributed by atoms with Crippen LogP contribution in [0.15, 0.2) is 48.9 Å². The van der Waals surface area contributed by atoms with Gasteiger partial charge in [-0.3, -0.25) is 4.68 Å². The van der Waals surface area contributed by atoms with Gasteiger partial charge in [-0.2, -0.15) is 15.5 Å². The topological polar surface area (TPSA) is 116 Å². The fourth-order valence-corrected chi connectivity index (χ4v) is 5.38. The summed E-state index contributed by atoms with van der Waals surface area (Å²) >= 11 is 0. The lowest BCUT2D eigenvalue weighted by Gasteiger charge is -2.31. The predicted octanol–water partition coefficient (Wildman–Crippen LogP) is 3.77. The normalized spacial score (nSPS) is 18.5. The molecule has 2 aliphatic rings. The highest BCUT2D eigenvalue weighted by molar-refractivity contribution is 5.91. The molecule has 0 bridgehead atoms. The van der Waals surface area contributed by atoms with Crippen molar-refractivity contribution in [3.8, 4) is 28.6 Å². The van der Waals surface area contributed by atoms with Crippen LogP contribution < -0.4 is 5.73 Å². The molecule has 0 aliphatic carbocycles. The highest BCUT2D eigenvalue weighted by Crippen LogP contribution is 2.39. The van der Waals surface area contributed by atoms with Gasteiger partial charge in [0.2, 0.25) is 0 Å². The van der Waals surface area contributed by atoms with Gasteiger partial charge in [0.25, 0.3) is 0 Å². The van der Waals surface area contributed by atoms with Crippen LogP contribution in [0.4, 0.5) is 5.82 Å². The Kier molecular flexibility index (Phi) is 5.47. The third-order valence-electron chi connectivity index (χ3n) is 7.34. The van der Waals surface area contributed by atoms with Gasteiger partial charge in [-0.15, -0.1) is 0 Å². The number of nitrogens with two attached hydrogens (primary N) is 1. The molecule has 35 heavy (non-hydrogen) atoms. The summed E-state index contributed by atoms with van der Waals surface area (Å²) in [4.78, 5) is 4.28. The minimum atomic E-state index is -0.542. The third kappa shape index (κ3) is 3.66. The van der Waals surface area contributed by atoms with E-state index in [2.05, 4.69) is 38.1 Å². The van der Waals surface area contributed by atoms with Crippen LogP contribution >= 0.6 is 0 Å². The zero-order chi connectivity index (χ0) is 23.8. The molecule has 9 heteroatoms. The van der Waals surface area contributed by atoms with Crippen LogP contribution in [-0.2, 0) is 14.9 Å². The first-order valence-electron chi connectivity index (χ1n) is 12.0. The van der Waals surface area contributed by atoms with E-state index >= 15 is 0 Å². The Morgan fingerprint density at radius 2 is 1.80 bits per heavy atom. The van der Waals surface area contributed by atoms with Crippen molar-refractivity contribution in [2.24, 2.45) is 0 Å². The number of nitrogen functional groups attached to an aromatic ring is 1. The minimum Gasteiger partial charge on any atom is -0.382 e. The van der Waals surface area contributed by atoms with E-state index in [4.69, 9.17) is 15.2 Å². The van der Waals surface area contributed by atoms with E-state index in [1.807, 2.05) is 35.0 Å². The molecule has 0 spiro atoms. The van der Waals surface area contributed by atoms with Crippen molar-refractivity contribution in [1.29, 1.82) is 5.26 Å². The van der Waals surface area contributed by atoms with Crippen LogP contribution in [0.5, 0.6) is 0 Å². The number of hydrogen-bond donors (Lipinski definition) is 1. The largest absolute Gasteiger partial charge is 0.382 e. The Bertz CT molecular complexity index is 1400. The van der Waals surface area contributed by atoms with Crippen LogP contribution in [0.25, 0.3) is 28.0 Å². The van der Waals surface area contributed by atoms with Gasteiger partial charge in [0.15, 0.2) is 5.82 Å². The molecule has 0 unspecified atom stereocenters. The van der Waals surface area contributed by atoms with E-state index in [0.29, 0.717) is 31.9 Å². The molecule has 2 aliphatic heterocycles. The zero-order valence-corrected chi connectivity index (χ0v) is 19.4. The monoisotopic (exact) mass is 469 g/mol.